The number of nitrogens with zero attached hydrogens (tertiary/aromatic N) is 1. The van der Waals surface area contributed by atoms with Crippen molar-refractivity contribution in [1.82, 2.24) is 4.98 Å². The van der Waals surface area contributed by atoms with E-state index in [4.69, 9.17) is 17.3 Å². The summed E-state index contributed by atoms with van der Waals surface area (Å²) in [6.07, 6.45) is 5.22. The zero-order valence-corrected chi connectivity index (χ0v) is 10.3. The summed E-state index contributed by atoms with van der Waals surface area (Å²) in [5.41, 5.74) is 8.86. The predicted octanol–water partition coefficient (Wildman–Crippen LogP) is 3.58. The maximum Gasteiger partial charge on any atom is 0.0588 e. The van der Waals surface area contributed by atoms with E-state index in [0.29, 0.717) is 0 Å². The van der Waals surface area contributed by atoms with E-state index in [1.54, 1.807) is 6.20 Å². The Morgan fingerprint density at radius 1 is 1.18 bits per heavy atom. The molecule has 0 aliphatic carbocycles. The summed E-state index contributed by atoms with van der Waals surface area (Å²) in [7, 11) is 0. The molecule has 1 aromatic carbocycles. The third-order valence-electron chi connectivity index (χ3n) is 2.77. The van der Waals surface area contributed by atoms with E-state index in [9.17, 15) is 0 Å². The lowest BCUT2D eigenvalue weighted by Crippen LogP contribution is -1.98. The minimum Gasteiger partial charge on any atom is -0.398 e. The Hall–Kier alpha value is -1.54. The largest absolute Gasteiger partial charge is 0.398 e. The van der Waals surface area contributed by atoms with Crippen molar-refractivity contribution in [2.24, 2.45) is 0 Å². The molecule has 17 heavy (non-hydrogen) atoms. The number of anilines is 1. The first-order chi connectivity index (χ1) is 8.27. The molecule has 0 aliphatic heterocycles. The Bertz CT molecular complexity index is 471. The van der Waals surface area contributed by atoms with E-state index in [1.165, 1.54) is 0 Å². The van der Waals surface area contributed by atoms with Crippen LogP contribution in [0.15, 0.2) is 48.8 Å². The molecule has 2 N–H and O–H groups in total. The van der Waals surface area contributed by atoms with Crippen LogP contribution in [0.1, 0.15) is 22.9 Å². The molecule has 0 fully saturated rings. The Morgan fingerprint density at radius 2 is 1.94 bits per heavy atom. The first-order valence-corrected chi connectivity index (χ1v) is 6.08. The van der Waals surface area contributed by atoms with E-state index < -0.39 is 0 Å². The van der Waals surface area contributed by atoms with E-state index in [2.05, 4.69) is 4.98 Å². The SMILES string of the molecule is Nc1ccncc1CCC(Cl)c1ccccc1. The van der Waals surface area contributed by atoms with Gasteiger partial charge in [0.1, 0.15) is 0 Å². The van der Waals surface area contributed by atoms with E-state index in [1.807, 2.05) is 42.6 Å². The standard InChI is InChI=1S/C14H15ClN2/c15-13(11-4-2-1-3-5-11)7-6-12-10-17-9-8-14(12)16/h1-5,8-10,13H,6-7H2,(H2,16,17). The highest BCUT2D eigenvalue weighted by molar-refractivity contribution is 6.20. The molecule has 0 aliphatic rings. The van der Waals surface area contributed by atoms with Gasteiger partial charge in [0.25, 0.3) is 0 Å². The van der Waals surface area contributed by atoms with Crippen molar-refractivity contribution in [3.63, 3.8) is 0 Å². The highest BCUT2D eigenvalue weighted by Crippen LogP contribution is 2.26. The second kappa shape index (κ2) is 5.69. The molecule has 1 unspecified atom stereocenters. The first-order valence-electron chi connectivity index (χ1n) is 5.65. The number of halogens is 1. The fourth-order valence-corrected chi connectivity index (χ4v) is 2.01. The molecule has 2 aromatic rings. The summed E-state index contributed by atoms with van der Waals surface area (Å²) < 4.78 is 0. The minimum absolute atomic E-state index is 0.0239. The van der Waals surface area contributed by atoms with Gasteiger partial charge in [-0.3, -0.25) is 4.98 Å². The van der Waals surface area contributed by atoms with Crippen LogP contribution in [-0.4, -0.2) is 4.98 Å². The maximum atomic E-state index is 6.35. The number of benzene rings is 1. The van der Waals surface area contributed by atoms with Crippen LogP contribution in [0.5, 0.6) is 0 Å². The van der Waals surface area contributed by atoms with Crippen LogP contribution in [0.3, 0.4) is 0 Å². The maximum absolute atomic E-state index is 6.35. The molecule has 0 saturated heterocycles. The van der Waals surface area contributed by atoms with Crippen molar-refractivity contribution in [3.8, 4) is 0 Å². The number of aromatic nitrogens is 1. The Kier molecular flexibility index (Phi) is 3.99. The van der Waals surface area contributed by atoms with Crippen molar-refractivity contribution in [2.75, 3.05) is 5.73 Å². The van der Waals surface area contributed by atoms with Gasteiger partial charge in [-0.05, 0) is 30.0 Å². The molecule has 3 heteroatoms. The van der Waals surface area contributed by atoms with Gasteiger partial charge in [0.05, 0.1) is 5.38 Å². The number of pyridine rings is 1. The quantitative estimate of drug-likeness (QED) is 0.838. The first kappa shape index (κ1) is 11.9. The summed E-state index contributed by atoms with van der Waals surface area (Å²) in [6.45, 7) is 0. The van der Waals surface area contributed by atoms with Gasteiger partial charge in [0.15, 0.2) is 0 Å². The smallest absolute Gasteiger partial charge is 0.0588 e. The second-order valence-electron chi connectivity index (χ2n) is 3.99. The fourth-order valence-electron chi connectivity index (χ4n) is 1.76. The monoisotopic (exact) mass is 246 g/mol. The number of alkyl halides is 1. The van der Waals surface area contributed by atoms with Gasteiger partial charge in [0.2, 0.25) is 0 Å². The Morgan fingerprint density at radius 3 is 2.65 bits per heavy atom. The molecule has 0 spiro atoms. The van der Waals surface area contributed by atoms with E-state index in [-0.39, 0.29) is 5.38 Å². The topological polar surface area (TPSA) is 38.9 Å². The number of rotatable bonds is 4. The van der Waals surface area contributed by atoms with Crippen molar-refractivity contribution in [2.45, 2.75) is 18.2 Å². The van der Waals surface area contributed by atoms with Crippen molar-refractivity contribution >= 4 is 17.3 Å². The van der Waals surface area contributed by atoms with E-state index in [0.717, 1.165) is 29.7 Å². The highest BCUT2D eigenvalue weighted by Gasteiger charge is 2.08. The Balaban J connectivity index is 1.97. The molecule has 2 rings (SSSR count). The highest BCUT2D eigenvalue weighted by atomic mass is 35.5. The number of nitrogen functional groups attached to an aromatic ring is 1. The molecule has 0 bridgehead atoms. The fraction of sp³-hybridized carbons (Fsp3) is 0.214. The molecule has 0 amide bonds. The summed E-state index contributed by atoms with van der Waals surface area (Å²) in [5, 5.41) is 0.0239. The molecule has 1 heterocycles. The molecular weight excluding hydrogens is 232 g/mol. The lowest BCUT2D eigenvalue weighted by molar-refractivity contribution is 0.792. The summed E-state index contributed by atoms with van der Waals surface area (Å²) in [5.74, 6) is 0. The molecule has 88 valence electrons. The lowest BCUT2D eigenvalue weighted by Gasteiger charge is -2.10. The average molecular weight is 247 g/mol. The summed E-state index contributed by atoms with van der Waals surface area (Å²) in [4.78, 5) is 4.07. The second-order valence-corrected chi connectivity index (χ2v) is 4.52. The van der Waals surface area contributed by atoms with Crippen LogP contribution in [-0.2, 0) is 6.42 Å². The van der Waals surface area contributed by atoms with Gasteiger partial charge in [-0.15, -0.1) is 11.6 Å². The van der Waals surface area contributed by atoms with Crippen LogP contribution in [0.4, 0.5) is 5.69 Å². The van der Waals surface area contributed by atoms with Gasteiger partial charge >= 0.3 is 0 Å². The minimum atomic E-state index is 0.0239. The van der Waals surface area contributed by atoms with Gasteiger partial charge in [0, 0.05) is 18.1 Å². The normalized spacial score (nSPS) is 12.3. The van der Waals surface area contributed by atoms with Gasteiger partial charge < -0.3 is 5.73 Å². The number of nitrogens with two attached hydrogens (primary N) is 1. The van der Waals surface area contributed by atoms with Gasteiger partial charge in [-0.2, -0.15) is 0 Å². The molecule has 1 aromatic heterocycles. The van der Waals surface area contributed by atoms with Crippen molar-refractivity contribution < 1.29 is 0 Å². The van der Waals surface area contributed by atoms with Crippen molar-refractivity contribution in [1.29, 1.82) is 0 Å². The zero-order chi connectivity index (χ0) is 12.1. The molecular formula is C14H15ClN2. The number of aryl methyl sites for hydroxylation is 1. The van der Waals surface area contributed by atoms with Gasteiger partial charge in [-0.1, -0.05) is 30.3 Å². The van der Waals surface area contributed by atoms with Crippen LogP contribution in [0, 0.1) is 0 Å². The molecule has 1 atom stereocenters. The summed E-state index contributed by atoms with van der Waals surface area (Å²) >= 11 is 6.35. The number of hydrogen-bond donors (Lipinski definition) is 1. The number of hydrogen-bond acceptors (Lipinski definition) is 2. The molecule has 0 saturated carbocycles. The molecule has 0 radical (unpaired) electrons. The van der Waals surface area contributed by atoms with E-state index >= 15 is 0 Å². The van der Waals surface area contributed by atoms with Crippen LogP contribution in [0.2, 0.25) is 0 Å². The summed E-state index contributed by atoms with van der Waals surface area (Å²) in [6, 6.07) is 11.9. The van der Waals surface area contributed by atoms with Crippen LogP contribution >= 0.6 is 11.6 Å². The lowest BCUT2D eigenvalue weighted by atomic mass is 10.0. The average Bonchev–Trinajstić information content (AvgIpc) is 2.38. The van der Waals surface area contributed by atoms with Crippen LogP contribution < -0.4 is 5.73 Å². The van der Waals surface area contributed by atoms with Crippen molar-refractivity contribution in [3.05, 3.63) is 59.9 Å². The van der Waals surface area contributed by atoms with Crippen LogP contribution in [0.25, 0.3) is 0 Å². The molecule has 2 nitrogen and oxygen atoms in total. The predicted molar refractivity (Wildman–Crippen MR) is 72.0 cm³/mol. The van der Waals surface area contributed by atoms with Gasteiger partial charge in [-0.25, -0.2) is 0 Å². The third-order valence-corrected chi connectivity index (χ3v) is 3.24. The third kappa shape index (κ3) is 3.21. The Labute approximate surface area is 106 Å². The zero-order valence-electron chi connectivity index (χ0n) is 9.51.